The fourth-order valence-corrected chi connectivity index (χ4v) is 2.26. The molecule has 0 spiro atoms. The number of amides is 3. The van der Waals surface area contributed by atoms with E-state index in [4.69, 9.17) is 0 Å². The Bertz CT molecular complexity index is 596. The fraction of sp³-hybridized carbons (Fsp3) is 0.438. The lowest BCUT2D eigenvalue weighted by atomic mass is 10.1. The SMILES string of the molecule is CN(CC(=O)NC(C)(C)C)C(=O)CNC(=O)c1ccccc1Br. The highest BCUT2D eigenvalue weighted by Crippen LogP contribution is 2.15. The van der Waals surface area contributed by atoms with E-state index in [9.17, 15) is 14.4 Å². The van der Waals surface area contributed by atoms with Crippen molar-refractivity contribution in [2.75, 3.05) is 20.1 Å². The van der Waals surface area contributed by atoms with E-state index in [-0.39, 0.29) is 36.3 Å². The van der Waals surface area contributed by atoms with Gasteiger partial charge in [0, 0.05) is 17.1 Å². The van der Waals surface area contributed by atoms with E-state index in [1.54, 1.807) is 24.3 Å². The summed E-state index contributed by atoms with van der Waals surface area (Å²) in [7, 11) is 1.52. The number of carbonyl (C=O) groups excluding carboxylic acids is 3. The molecule has 0 fully saturated rings. The van der Waals surface area contributed by atoms with E-state index in [1.165, 1.54) is 11.9 Å². The van der Waals surface area contributed by atoms with Gasteiger partial charge >= 0.3 is 0 Å². The first-order valence-corrected chi connectivity index (χ1v) is 7.97. The van der Waals surface area contributed by atoms with Crippen LogP contribution in [0.15, 0.2) is 28.7 Å². The third-order valence-electron chi connectivity index (χ3n) is 2.84. The van der Waals surface area contributed by atoms with Gasteiger partial charge < -0.3 is 15.5 Å². The molecule has 1 rings (SSSR count). The van der Waals surface area contributed by atoms with Crippen molar-refractivity contribution in [3.05, 3.63) is 34.3 Å². The van der Waals surface area contributed by atoms with Gasteiger partial charge in [0.1, 0.15) is 0 Å². The molecule has 0 heterocycles. The second kappa shape index (κ2) is 8.10. The van der Waals surface area contributed by atoms with Crippen molar-refractivity contribution in [1.82, 2.24) is 15.5 Å². The summed E-state index contributed by atoms with van der Waals surface area (Å²) in [4.78, 5) is 37.1. The van der Waals surface area contributed by atoms with E-state index in [0.29, 0.717) is 10.0 Å². The first kappa shape index (κ1) is 19.2. The van der Waals surface area contributed by atoms with E-state index in [0.717, 1.165) is 0 Å². The minimum atomic E-state index is -0.352. The minimum absolute atomic E-state index is 0.0546. The van der Waals surface area contributed by atoms with E-state index < -0.39 is 0 Å². The largest absolute Gasteiger partial charge is 0.350 e. The molecular weight excluding hydrogens is 362 g/mol. The van der Waals surface area contributed by atoms with Crippen LogP contribution in [0, 0.1) is 0 Å². The molecule has 1 aromatic rings. The summed E-state index contributed by atoms with van der Waals surface area (Å²) in [6, 6.07) is 6.95. The molecule has 0 aliphatic carbocycles. The van der Waals surface area contributed by atoms with Crippen molar-refractivity contribution in [2.24, 2.45) is 0 Å². The number of rotatable bonds is 5. The first-order chi connectivity index (χ1) is 10.6. The number of hydrogen-bond acceptors (Lipinski definition) is 3. The zero-order chi connectivity index (χ0) is 17.6. The fourth-order valence-electron chi connectivity index (χ4n) is 1.79. The molecule has 23 heavy (non-hydrogen) atoms. The monoisotopic (exact) mass is 383 g/mol. The van der Waals surface area contributed by atoms with Gasteiger partial charge in [0.2, 0.25) is 11.8 Å². The summed E-state index contributed by atoms with van der Waals surface area (Å²) >= 11 is 3.28. The van der Waals surface area contributed by atoms with Gasteiger partial charge in [-0.2, -0.15) is 0 Å². The summed E-state index contributed by atoms with van der Waals surface area (Å²) in [5.41, 5.74) is 0.0998. The molecule has 0 saturated heterocycles. The van der Waals surface area contributed by atoms with Crippen molar-refractivity contribution in [1.29, 1.82) is 0 Å². The van der Waals surface area contributed by atoms with Crippen LogP contribution in [0.4, 0.5) is 0 Å². The zero-order valence-electron chi connectivity index (χ0n) is 13.8. The average molecular weight is 384 g/mol. The molecule has 0 aliphatic rings. The van der Waals surface area contributed by atoms with Crippen LogP contribution in [0.5, 0.6) is 0 Å². The van der Waals surface area contributed by atoms with Crippen LogP contribution < -0.4 is 10.6 Å². The van der Waals surface area contributed by atoms with Crippen LogP contribution in [-0.4, -0.2) is 48.3 Å². The maximum Gasteiger partial charge on any atom is 0.252 e. The van der Waals surface area contributed by atoms with E-state index >= 15 is 0 Å². The smallest absolute Gasteiger partial charge is 0.252 e. The highest BCUT2D eigenvalue weighted by molar-refractivity contribution is 9.10. The van der Waals surface area contributed by atoms with E-state index in [1.807, 2.05) is 20.8 Å². The zero-order valence-corrected chi connectivity index (χ0v) is 15.4. The Balaban J connectivity index is 2.48. The topological polar surface area (TPSA) is 78.5 Å². The molecule has 0 aliphatic heterocycles. The van der Waals surface area contributed by atoms with Crippen LogP contribution in [0.3, 0.4) is 0 Å². The second-order valence-electron chi connectivity index (χ2n) is 6.21. The predicted octanol–water partition coefficient (Wildman–Crippen LogP) is 1.55. The molecule has 0 atom stereocenters. The molecule has 0 aromatic heterocycles. The Hall–Kier alpha value is -1.89. The van der Waals surface area contributed by atoms with Crippen molar-refractivity contribution in [2.45, 2.75) is 26.3 Å². The predicted molar refractivity (Wildman–Crippen MR) is 92.0 cm³/mol. The lowest BCUT2D eigenvalue weighted by Crippen LogP contribution is -2.47. The molecule has 6 nitrogen and oxygen atoms in total. The number of nitrogens with zero attached hydrogens (tertiary/aromatic N) is 1. The molecule has 0 bridgehead atoms. The molecule has 0 radical (unpaired) electrons. The van der Waals surface area contributed by atoms with Crippen molar-refractivity contribution in [3.63, 3.8) is 0 Å². The Morgan fingerprint density at radius 2 is 1.78 bits per heavy atom. The third kappa shape index (κ3) is 6.81. The van der Waals surface area contributed by atoms with E-state index in [2.05, 4.69) is 26.6 Å². The summed E-state index contributed by atoms with van der Waals surface area (Å²) in [6.07, 6.45) is 0. The van der Waals surface area contributed by atoms with Gasteiger partial charge in [0.25, 0.3) is 5.91 Å². The number of carbonyl (C=O) groups is 3. The first-order valence-electron chi connectivity index (χ1n) is 7.18. The molecule has 0 unspecified atom stereocenters. The normalized spacial score (nSPS) is 10.8. The summed E-state index contributed by atoms with van der Waals surface area (Å²) in [5, 5.41) is 5.33. The molecule has 2 N–H and O–H groups in total. The van der Waals surface area contributed by atoms with Gasteiger partial charge in [-0.05, 0) is 48.8 Å². The maximum absolute atomic E-state index is 12.0. The molecular formula is C16H22BrN3O3. The van der Waals surface area contributed by atoms with Gasteiger partial charge in [-0.15, -0.1) is 0 Å². The number of nitrogens with one attached hydrogen (secondary N) is 2. The van der Waals surface area contributed by atoms with Crippen LogP contribution in [-0.2, 0) is 9.59 Å². The highest BCUT2D eigenvalue weighted by Gasteiger charge is 2.18. The van der Waals surface area contributed by atoms with Gasteiger partial charge in [0.05, 0.1) is 18.7 Å². The van der Waals surface area contributed by atoms with Crippen LogP contribution in [0.1, 0.15) is 31.1 Å². The molecule has 126 valence electrons. The number of benzene rings is 1. The van der Waals surface area contributed by atoms with Crippen molar-refractivity contribution in [3.8, 4) is 0 Å². The number of halogens is 1. The van der Waals surface area contributed by atoms with Crippen LogP contribution in [0.2, 0.25) is 0 Å². The summed E-state index contributed by atoms with van der Waals surface area (Å²) in [6.45, 7) is 5.38. The highest BCUT2D eigenvalue weighted by atomic mass is 79.9. The van der Waals surface area contributed by atoms with Crippen molar-refractivity contribution >= 4 is 33.7 Å². The Morgan fingerprint density at radius 1 is 1.17 bits per heavy atom. The lowest BCUT2D eigenvalue weighted by Gasteiger charge is -2.23. The van der Waals surface area contributed by atoms with Gasteiger partial charge in [-0.1, -0.05) is 12.1 Å². The van der Waals surface area contributed by atoms with Crippen LogP contribution in [0.25, 0.3) is 0 Å². The van der Waals surface area contributed by atoms with Gasteiger partial charge in [-0.25, -0.2) is 0 Å². The number of hydrogen-bond donors (Lipinski definition) is 2. The summed E-state index contributed by atoms with van der Waals surface area (Å²) in [5.74, 6) is -0.932. The van der Waals surface area contributed by atoms with Gasteiger partial charge in [0.15, 0.2) is 0 Å². The molecule has 0 saturated carbocycles. The standard InChI is InChI=1S/C16H22BrN3O3/c1-16(2,3)19-13(21)10-20(4)14(22)9-18-15(23)11-7-5-6-8-12(11)17/h5-8H,9-10H2,1-4H3,(H,18,23)(H,19,21). The molecule has 3 amide bonds. The average Bonchev–Trinajstić information content (AvgIpc) is 2.42. The quantitative estimate of drug-likeness (QED) is 0.809. The van der Waals surface area contributed by atoms with Crippen LogP contribution >= 0.6 is 15.9 Å². The third-order valence-corrected chi connectivity index (χ3v) is 3.53. The number of likely N-dealkylation sites (N-methyl/N-ethyl adjacent to an activating group) is 1. The maximum atomic E-state index is 12.0. The molecule has 1 aromatic carbocycles. The Morgan fingerprint density at radius 3 is 2.35 bits per heavy atom. The minimum Gasteiger partial charge on any atom is -0.350 e. The van der Waals surface area contributed by atoms with Crippen molar-refractivity contribution < 1.29 is 14.4 Å². The lowest BCUT2D eigenvalue weighted by molar-refractivity contribution is -0.134. The second-order valence-corrected chi connectivity index (χ2v) is 7.06. The molecule has 7 heteroatoms. The Labute approximate surface area is 144 Å². The Kier molecular flexibility index (Phi) is 6.75. The van der Waals surface area contributed by atoms with Gasteiger partial charge in [-0.3, -0.25) is 14.4 Å². The summed E-state index contributed by atoms with van der Waals surface area (Å²) < 4.78 is 0.655.